The Bertz CT molecular complexity index is 1200. The van der Waals surface area contributed by atoms with Gasteiger partial charge in [-0.25, -0.2) is 4.98 Å². The number of rotatable bonds is 7. The second-order valence-electron chi connectivity index (χ2n) is 7.36. The maximum Gasteiger partial charge on any atom is 0.255 e. The molecule has 160 valence electrons. The van der Waals surface area contributed by atoms with Crippen LogP contribution in [0.25, 0.3) is 11.4 Å². The molecule has 0 saturated heterocycles. The van der Waals surface area contributed by atoms with Crippen molar-refractivity contribution in [3.63, 3.8) is 0 Å². The summed E-state index contributed by atoms with van der Waals surface area (Å²) in [4.78, 5) is 47.3. The van der Waals surface area contributed by atoms with Gasteiger partial charge >= 0.3 is 0 Å². The molecule has 1 N–H and O–H groups in total. The third kappa shape index (κ3) is 5.10. The van der Waals surface area contributed by atoms with Gasteiger partial charge in [0.15, 0.2) is 0 Å². The van der Waals surface area contributed by atoms with E-state index in [1.54, 1.807) is 55.1 Å². The molecule has 4 aromatic heterocycles. The van der Waals surface area contributed by atoms with Crippen LogP contribution in [0, 0.1) is 6.92 Å². The molecule has 0 aliphatic heterocycles. The molecular formula is C24H22N6O2. The Hall–Kier alpha value is -4.20. The fraction of sp³-hybridized carbons (Fsp3) is 0.167. The van der Waals surface area contributed by atoms with E-state index in [2.05, 4.69) is 24.9 Å². The van der Waals surface area contributed by atoms with Gasteiger partial charge in [-0.15, -0.1) is 0 Å². The maximum atomic E-state index is 13.3. The number of pyridine rings is 3. The SMILES string of the molecule is Cc1nc(-c2cccnc2)[nH]c(=O)c1CC(=O)N(Cc1ccncc1)Cc1cccnc1. The molecule has 0 bridgehead atoms. The summed E-state index contributed by atoms with van der Waals surface area (Å²) >= 11 is 0. The van der Waals surface area contributed by atoms with Crippen LogP contribution in [0.1, 0.15) is 22.4 Å². The minimum Gasteiger partial charge on any atom is -0.334 e. The van der Waals surface area contributed by atoms with Crippen molar-refractivity contribution in [3.05, 3.63) is 106 Å². The molecule has 0 atom stereocenters. The Morgan fingerprint density at radius 1 is 0.906 bits per heavy atom. The van der Waals surface area contributed by atoms with E-state index in [1.165, 1.54) is 0 Å². The van der Waals surface area contributed by atoms with Crippen molar-refractivity contribution in [2.24, 2.45) is 0 Å². The Labute approximate surface area is 185 Å². The summed E-state index contributed by atoms with van der Waals surface area (Å²) in [5.41, 5.74) is 3.12. The van der Waals surface area contributed by atoms with Gasteiger partial charge in [0.1, 0.15) is 5.82 Å². The van der Waals surface area contributed by atoms with Crippen LogP contribution in [-0.4, -0.2) is 35.7 Å². The summed E-state index contributed by atoms with van der Waals surface area (Å²) in [6.45, 7) is 2.52. The van der Waals surface area contributed by atoms with Gasteiger partial charge in [-0.2, -0.15) is 0 Å². The summed E-state index contributed by atoms with van der Waals surface area (Å²) in [5.74, 6) is 0.260. The molecule has 0 aliphatic rings. The Morgan fingerprint density at radius 3 is 2.28 bits per heavy atom. The predicted octanol–water partition coefficient (Wildman–Crippen LogP) is 2.70. The van der Waals surface area contributed by atoms with Gasteiger partial charge in [0.05, 0.1) is 6.42 Å². The fourth-order valence-corrected chi connectivity index (χ4v) is 3.37. The number of nitrogens with one attached hydrogen (secondary N) is 1. The van der Waals surface area contributed by atoms with Gasteiger partial charge in [0.2, 0.25) is 5.91 Å². The van der Waals surface area contributed by atoms with Crippen molar-refractivity contribution < 1.29 is 4.79 Å². The molecule has 1 amide bonds. The van der Waals surface area contributed by atoms with E-state index in [0.717, 1.165) is 11.1 Å². The highest BCUT2D eigenvalue weighted by atomic mass is 16.2. The Balaban J connectivity index is 1.59. The van der Waals surface area contributed by atoms with Crippen LogP contribution in [0.5, 0.6) is 0 Å². The summed E-state index contributed by atoms with van der Waals surface area (Å²) in [6.07, 6.45) is 10.0. The first-order valence-electron chi connectivity index (χ1n) is 10.2. The van der Waals surface area contributed by atoms with E-state index in [1.807, 2.05) is 30.3 Å². The highest BCUT2D eigenvalue weighted by Crippen LogP contribution is 2.15. The molecule has 32 heavy (non-hydrogen) atoms. The number of carbonyl (C=O) groups is 1. The van der Waals surface area contributed by atoms with Crippen LogP contribution in [0.15, 0.2) is 78.4 Å². The first kappa shape index (κ1) is 21.0. The van der Waals surface area contributed by atoms with Crippen molar-refractivity contribution in [2.75, 3.05) is 0 Å². The number of H-pyrrole nitrogens is 1. The van der Waals surface area contributed by atoms with Gasteiger partial charge in [-0.05, 0) is 48.4 Å². The normalized spacial score (nSPS) is 10.7. The zero-order chi connectivity index (χ0) is 22.3. The van der Waals surface area contributed by atoms with Crippen LogP contribution in [0.4, 0.5) is 0 Å². The molecule has 0 unspecified atom stereocenters. The second kappa shape index (κ2) is 9.74. The number of aryl methyl sites for hydroxylation is 1. The van der Waals surface area contributed by atoms with Crippen LogP contribution < -0.4 is 5.56 Å². The lowest BCUT2D eigenvalue weighted by Gasteiger charge is -2.23. The number of amides is 1. The number of hydrogen-bond donors (Lipinski definition) is 1. The predicted molar refractivity (Wildman–Crippen MR) is 119 cm³/mol. The number of carbonyl (C=O) groups excluding carboxylic acids is 1. The quantitative estimate of drug-likeness (QED) is 0.487. The Morgan fingerprint density at radius 2 is 1.62 bits per heavy atom. The number of hydrogen-bond acceptors (Lipinski definition) is 6. The molecule has 0 radical (unpaired) electrons. The number of aromatic amines is 1. The number of aromatic nitrogens is 5. The lowest BCUT2D eigenvalue weighted by atomic mass is 10.1. The fourth-order valence-electron chi connectivity index (χ4n) is 3.37. The largest absolute Gasteiger partial charge is 0.334 e. The molecule has 4 rings (SSSR count). The molecule has 4 heterocycles. The van der Waals surface area contributed by atoms with Gasteiger partial charge in [-0.1, -0.05) is 6.07 Å². The van der Waals surface area contributed by atoms with Crippen LogP contribution in [0.2, 0.25) is 0 Å². The lowest BCUT2D eigenvalue weighted by Crippen LogP contribution is -2.33. The van der Waals surface area contributed by atoms with Gasteiger partial charge < -0.3 is 9.88 Å². The number of nitrogens with zero attached hydrogens (tertiary/aromatic N) is 5. The third-order valence-electron chi connectivity index (χ3n) is 5.06. The van der Waals surface area contributed by atoms with Gasteiger partial charge in [0.25, 0.3) is 5.56 Å². The van der Waals surface area contributed by atoms with Crippen LogP contribution in [-0.2, 0) is 24.3 Å². The maximum absolute atomic E-state index is 13.3. The Kier molecular flexibility index (Phi) is 6.41. The zero-order valence-electron chi connectivity index (χ0n) is 17.6. The molecular weight excluding hydrogens is 404 g/mol. The molecule has 0 aromatic carbocycles. The van der Waals surface area contributed by atoms with Crippen molar-refractivity contribution in [1.29, 1.82) is 0 Å². The average molecular weight is 426 g/mol. The first-order chi connectivity index (χ1) is 15.6. The molecule has 0 spiro atoms. The van der Waals surface area contributed by atoms with E-state index in [4.69, 9.17) is 0 Å². The highest BCUT2D eigenvalue weighted by Gasteiger charge is 2.19. The van der Waals surface area contributed by atoms with Crippen LogP contribution in [0.3, 0.4) is 0 Å². The zero-order valence-corrected chi connectivity index (χ0v) is 17.6. The average Bonchev–Trinajstić information content (AvgIpc) is 2.82. The standard InChI is InChI=1S/C24H22N6O2/c1-17-21(24(32)29-23(28-17)20-5-3-9-27-14-20)12-22(31)30(15-18-6-10-25-11-7-18)16-19-4-2-8-26-13-19/h2-11,13-14H,12,15-16H2,1H3,(H,28,29,32). The van der Waals surface area contributed by atoms with Crippen molar-refractivity contribution in [2.45, 2.75) is 26.4 Å². The van der Waals surface area contributed by atoms with E-state index in [-0.39, 0.29) is 17.9 Å². The minimum absolute atomic E-state index is 0.0488. The van der Waals surface area contributed by atoms with E-state index in [0.29, 0.717) is 35.7 Å². The van der Waals surface area contributed by atoms with Crippen molar-refractivity contribution >= 4 is 5.91 Å². The summed E-state index contributed by atoms with van der Waals surface area (Å²) < 4.78 is 0. The van der Waals surface area contributed by atoms with Crippen LogP contribution >= 0.6 is 0 Å². The minimum atomic E-state index is -0.324. The topological polar surface area (TPSA) is 105 Å². The molecule has 0 saturated carbocycles. The van der Waals surface area contributed by atoms with Crippen molar-refractivity contribution in [3.8, 4) is 11.4 Å². The van der Waals surface area contributed by atoms with Gasteiger partial charge in [-0.3, -0.25) is 24.5 Å². The third-order valence-corrected chi connectivity index (χ3v) is 5.06. The molecule has 8 heteroatoms. The second-order valence-corrected chi connectivity index (χ2v) is 7.36. The summed E-state index contributed by atoms with van der Waals surface area (Å²) in [6, 6.07) is 11.1. The first-order valence-corrected chi connectivity index (χ1v) is 10.2. The lowest BCUT2D eigenvalue weighted by molar-refractivity contribution is -0.131. The van der Waals surface area contributed by atoms with E-state index in [9.17, 15) is 9.59 Å². The molecule has 8 nitrogen and oxygen atoms in total. The molecule has 0 fully saturated rings. The monoisotopic (exact) mass is 426 g/mol. The summed E-state index contributed by atoms with van der Waals surface area (Å²) in [5, 5.41) is 0. The van der Waals surface area contributed by atoms with Gasteiger partial charge in [0, 0.05) is 67.1 Å². The van der Waals surface area contributed by atoms with Crippen molar-refractivity contribution in [1.82, 2.24) is 29.8 Å². The van der Waals surface area contributed by atoms with E-state index < -0.39 is 0 Å². The highest BCUT2D eigenvalue weighted by molar-refractivity contribution is 5.79. The smallest absolute Gasteiger partial charge is 0.255 e. The summed E-state index contributed by atoms with van der Waals surface area (Å²) in [7, 11) is 0. The molecule has 4 aromatic rings. The molecule has 0 aliphatic carbocycles. The van der Waals surface area contributed by atoms with E-state index >= 15 is 0 Å².